The summed E-state index contributed by atoms with van der Waals surface area (Å²) in [5, 5.41) is 11.2. The molecule has 0 saturated heterocycles. The normalized spacial score (nSPS) is 46.4. The number of Topliss-reactive ketones (excluding diaryl/α,β-unsaturated/α-hetero) is 1. The molecule has 2 fully saturated rings. The van der Waals surface area contributed by atoms with E-state index in [2.05, 4.69) is 13.5 Å². The van der Waals surface area contributed by atoms with Gasteiger partial charge in [-0.2, -0.15) is 0 Å². The first-order valence-electron chi connectivity index (χ1n) is 7.86. The first-order chi connectivity index (χ1) is 10.1. The molecule has 4 heteroatoms. The molecule has 0 radical (unpaired) electrons. The second-order valence-corrected chi connectivity index (χ2v) is 8.01. The first kappa shape index (κ1) is 15.5. The van der Waals surface area contributed by atoms with Crippen molar-refractivity contribution in [2.24, 2.45) is 28.6 Å². The number of hydrogen-bond acceptors (Lipinski definition) is 4. The number of fused-ring (bicyclic) bond motifs is 2. The molecule has 0 aromatic rings. The number of carbonyl (C=O) groups excluding carboxylic acids is 2. The monoisotopic (exact) mass is 304 g/mol. The lowest BCUT2D eigenvalue weighted by atomic mass is 9.55. The predicted molar refractivity (Wildman–Crippen MR) is 81.6 cm³/mol. The van der Waals surface area contributed by atoms with Crippen molar-refractivity contribution in [3.63, 3.8) is 0 Å². The Labute approximate surface area is 131 Å². The minimum atomic E-state index is -1.21. The largest absolute Gasteiger partial charge is 0.431 e. The minimum Gasteiger partial charge on any atom is -0.431 e. The van der Waals surface area contributed by atoms with Crippen molar-refractivity contribution in [1.29, 1.82) is 0 Å². The van der Waals surface area contributed by atoms with Gasteiger partial charge in [-0.1, -0.05) is 26.8 Å². The number of ketones is 1. The van der Waals surface area contributed by atoms with E-state index in [1.54, 1.807) is 13.0 Å². The van der Waals surface area contributed by atoms with E-state index in [4.69, 9.17) is 4.74 Å². The maximum absolute atomic E-state index is 12.9. The van der Waals surface area contributed by atoms with Crippen LogP contribution in [0.5, 0.6) is 0 Å². The zero-order chi connectivity index (χ0) is 16.5. The highest BCUT2D eigenvalue weighted by Crippen LogP contribution is 2.67. The molecule has 3 rings (SSSR count). The molecule has 1 aliphatic heterocycles. The second kappa shape index (κ2) is 4.31. The number of carbonyl (C=O) groups is 2. The number of esters is 1. The van der Waals surface area contributed by atoms with Gasteiger partial charge < -0.3 is 9.84 Å². The number of ether oxygens (including phenoxy) is 1. The van der Waals surface area contributed by atoms with Gasteiger partial charge >= 0.3 is 5.97 Å². The molecule has 4 nitrogen and oxygen atoms in total. The number of rotatable bonds is 2. The summed E-state index contributed by atoms with van der Waals surface area (Å²) in [5.74, 6) is -0.580. The molecule has 2 saturated carbocycles. The summed E-state index contributed by atoms with van der Waals surface area (Å²) in [6.07, 6.45) is 4.42. The molecule has 0 amide bonds. The first-order valence-corrected chi connectivity index (χ1v) is 7.86. The van der Waals surface area contributed by atoms with Gasteiger partial charge in [0, 0.05) is 11.3 Å². The minimum absolute atomic E-state index is 0.0762. The van der Waals surface area contributed by atoms with Crippen molar-refractivity contribution in [2.45, 2.75) is 46.1 Å². The van der Waals surface area contributed by atoms with Gasteiger partial charge in [0.15, 0.2) is 0 Å². The van der Waals surface area contributed by atoms with Crippen LogP contribution in [-0.4, -0.2) is 22.5 Å². The van der Waals surface area contributed by atoms with E-state index in [1.807, 2.05) is 19.9 Å². The molecule has 0 aromatic heterocycles. The number of hydrogen-bond donors (Lipinski definition) is 1. The highest BCUT2D eigenvalue weighted by molar-refractivity contribution is 5.90. The van der Waals surface area contributed by atoms with Crippen LogP contribution >= 0.6 is 0 Å². The van der Waals surface area contributed by atoms with Crippen LogP contribution < -0.4 is 0 Å². The Balaban J connectivity index is 2.17. The Morgan fingerprint density at radius 1 is 1.32 bits per heavy atom. The second-order valence-electron chi connectivity index (χ2n) is 8.01. The van der Waals surface area contributed by atoms with E-state index < -0.39 is 16.9 Å². The Hall–Kier alpha value is -1.42. The average Bonchev–Trinajstić information content (AvgIpc) is 2.87. The van der Waals surface area contributed by atoms with Gasteiger partial charge in [0.1, 0.15) is 11.5 Å². The average molecular weight is 304 g/mol. The van der Waals surface area contributed by atoms with Gasteiger partial charge in [-0.15, -0.1) is 6.58 Å². The predicted octanol–water partition coefficient (Wildman–Crippen LogP) is 2.62. The lowest BCUT2D eigenvalue weighted by Gasteiger charge is -2.48. The molecule has 3 aliphatic rings. The Kier molecular flexibility index (Phi) is 3.03. The van der Waals surface area contributed by atoms with Gasteiger partial charge in [0.25, 0.3) is 0 Å². The summed E-state index contributed by atoms with van der Waals surface area (Å²) >= 11 is 0. The summed E-state index contributed by atoms with van der Waals surface area (Å²) < 4.78 is 5.37. The van der Waals surface area contributed by atoms with Crippen molar-refractivity contribution >= 4 is 11.8 Å². The van der Waals surface area contributed by atoms with Crippen molar-refractivity contribution in [3.8, 4) is 0 Å². The lowest BCUT2D eigenvalue weighted by molar-refractivity contribution is -0.143. The van der Waals surface area contributed by atoms with Crippen LogP contribution in [0.2, 0.25) is 0 Å². The van der Waals surface area contributed by atoms with E-state index in [0.717, 1.165) is 0 Å². The van der Waals surface area contributed by atoms with Gasteiger partial charge in [-0.05, 0) is 30.8 Å². The molecule has 22 heavy (non-hydrogen) atoms. The van der Waals surface area contributed by atoms with Crippen LogP contribution in [0.3, 0.4) is 0 Å². The topological polar surface area (TPSA) is 63.6 Å². The molecule has 2 aliphatic carbocycles. The van der Waals surface area contributed by atoms with Crippen LogP contribution in [-0.2, 0) is 14.3 Å². The summed E-state index contributed by atoms with van der Waals surface area (Å²) in [6, 6.07) is 0. The van der Waals surface area contributed by atoms with Gasteiger partial charge in [0.05, 0.1) is 17.9 Å². The fourth-order valence-electron chi connectivity index (χ4n) is 5.48. The summed E-state index contributed by atoms with van der Waals surface area (Å²) in [7, 11) is 0. The van der Waals surface area contributed by atoms with E-state index in [0.29, 0.717) is 12.2 Å². The maximum atomic E-state index is 12.9. The van der Waals surface area contributed by atoms with Gasteiger partial charge in [-0.3, -0.25) is 9.59 Å². The third-order valence-corrected chi connectivity index (χ3v) is 6.25. The van der Waals surface area contributed by atoms with Crippen molar-refractivity contribution in [2.75, 3.05) is 0 Å². The Morgan fingerprint density at radius 2 is 1.95 bits per heavy atom. The van der Waals surface area contributed by atoms with Crippen molar-refractivity contribution < 1.29 is 19.4 Å². The molecule has 2 bridgehead atoms. The summed E-state index contributed by atoms with van der Waals surface area (Å²) in [4.78, 5) is 24.4. The molecule has 5 unspecified atom stereocenters. The molecule has 5 atom stereocenters. The van der Waals surface area contributed by atoms with E-state index in [1.165, 1.54) is 0 Å². The number of cyclic esters (lactones) is 1. The molecule has 1 heterocycles. The molecule has 1 N–H and O–H groups in total. The zero-order valence-corrected chi connectivity index (χ0v) is 13.7. The van der Waals surface area contributed by atoms with Gasteiger partial charge in [0.2, 0.25) is 0 Å². The highest BCUT2D eigenvalue weighted by atomic mass is 16.5. The maximum Gasteiger partial charge on any atom is 0.314 e. The highest BCUT2D eigenvalue weighted by Gasteiger charge is 2.70. The van der Waals surface area contributed by atoms with Crippen molar-refractivity contribution in [1.82, 2.24) is 0 Å². The van der Waals surface area contributed by atoms with Gasteiger partial charge in [-0.25, -0.2) is 0 Å². The van der Waals surface area contributed by atoms with Crippen LogP contribution in [0.25, 0.3) is 0 Å². The fraction of sp³-hybridized carbons (Fsp3) is 0.667. The van der Waals surface area contributed by atoms with E-state index >= 15 is 0 Å². The quantitative estimate of drug-likeness (QED) is 0.629. The lowest BCUT2D eigenvalue weighted by Crippen LogP contribution is -2.48. The van der Waals surface area contributed by atoms with Crippen LogP contribution in [0.1, 0.15) is 40.5 Å². The third-order valence-electron chi connectivity index (χ3n) is 6.25. The van der Waals surface area contributed by atoms with E-state index in [9.17, 15) is 14.7 Å². The molecular formula is C18H24O4. The summed E-state index contributed by atoms with van der Waals surface area (Å²) in [5.41, 5.74) is -2.15. The van der Waals surface area contributed by atoms with Crippen LogP contribution in [0, 0.1) is 28.6 Å². The molecular weight excluding hydrogens is 280 g/mol. The molecule has 0 spiro atoms. The Bertz CT molecular complexity index is 598. The smallest absolute Gasteiger partial charge is 0.314 e. The third kappa shape index (κ3) is 1.67. The van der Waals surface area contributed by atoms with Crippen molar-refractivity contribution in [3.05, 3.63) is 24.5 Å². The summed E-state index contributed by atoms with van der Waals surface area (Å²) in [6.45, 7) is 11.6. The van der Waals surface area contributed by atoms with Crippen LogP contribution in [0.15, 0.2) is 24.5 Å². The standard InChI is InChI=1S/C18H24O4/c1-6-12-16(2,3)15(20)10-9-17(12,4)14(18(10,5)21)11-7-8-13(19)22-11/h6-7,10,12,14,21H,1,8-9H2,2-5H3. The SMILES string of the molecule is C=CC1C(C)(C)C(=O)C2CC1(C)C(C1=CCC(=O)O1)C2(C)O. The molecule has 0 aromatic carbocycles. The zero-order valence-electron chi connectivity index (χ0n) is 13.7. The molecule has 120 valence electrons. The number of allylic oxidation sites excluding steroid dienone is 1. The Morgan fingerprint density at radius 3 is 2.45 bits per heavy atom. The number of aliphatic hydroxyl groups is 1. The van der Waals surface area contributed by atoms with E-state index in [-0.39, 0.29) is 35.4 Å². The fourth-order valence-corrected chi connectivity index (χ4v) is 5.48. The van der Waals surface area contributed by atoms with Crippen LogP contribution in [0.4, 0.5) is 0 Å².